The first-order valence-corrected chi connectivity index (χ1v) is 5.15. The number of fused-ring (bicyclic) bond motifs is 1. The van der Waals surface area contributed by atoms with E-state index in [0.29, 0.717) is 5.33 Å². The third-order valence-electron chi connectivity index (χ3n) is 1.88. The summed E-state index contributed by atoms with van der Waals surface area (Å²) in [6.45, 7) is 0. The molecule has 0 fully saturated rings. The summed E-state index contributed by atoms with van der Waals surface area (Å²) in [4.78, 5) is 3.16. The normalized spacial score (nSPS) is 9.62. The maximum atomic E-state index is 3.28. The fourth-order valence-electron chi connectivity index (χ4n) is 1.32. The monoisotopic (exact) mass is 233 g/mol. The predicted molar refractivity (Wildman–Crippen MR) is 59.0 cm³/mol. The topological polar surface area (TPSA) is 15.8 Å². The first-order chi connectivity index (χ1) is 6.42. The molecule has 2 heteroatoms. The van der Waals surface area contributed by atoms with Crippen molar-refractivity contribution in [2.45, 2.75) is 0 Å². The van der Waals surface area contributed by atoms with Gasteiger partial charge < -0.3 is 4.98 Å². The van der Waals surface area contributed by atoms with Crippen LogP contribution in [0, 0.1) is 11.8 Å². The molecule has 1 heterocycles. The second kappa shape index (κ2) is 3.68. The van der Waals surface area contributed by atoms with Crippen LogP contribution in [0.2, 0.25) is 0 Å². The highest BCUT2D eigenvalue weighted by Gasteiger charge is 1.96. The third-order valence-corrected chi connectivity index (χ3v) is 2.17. The van der Waals surface area contributed by atoms with E-state index in [2.05, 4.69) is 38.8 Å². The number of aromatic nitrogens is 1. The molecule has 2 aromatic rings. The zero-order valence-electron chi connectivity index (χ0n) is 6.97. The number of halogens is 1. The molecule has 0 spiro atoms. The molecule has 1 N–H and O–H groups in total. The summed E-state index contributed by atoms with van der Waals surface area (Å²) in [6.07, 6.45) is 1.93. The number of H-pyrrole nitrogens is 1. The maximum Gasteiger partial charge on any atom is 0.0649 e. The Morgan fingerprint density at radius 2 is 2.23 bits per heavy atom. The summed E-state index contributed by atoms with van der Waals surface area (Å²) in [6, 6.07) is 8.14. The van der Waals surface area contributed by atoms with Gasteiger partial charge in [0.25, 0.3) is 0 Å². The van der Waals surface area contributed by atoms with Gasteiger partial charge in [-0.05, 0) is 18.2 Å². The fourth-order valence-corrected chi connectivity index (χ4v) is 1.46. The van der Waals surface area contributed by atoms with E-state index < -0.39 is 0 Å². The van der Waals surface area contributed by atoms with E-state index in [1.54, 1.807) is 0 Å². The summed E-state index contributed by atoms with van der Waals surface area (Å²) >= 11 is 3.28. The highest BCUT2D eigenvalue weighted by Crippen LogP contribution is 2.15. The van der Waals surface area contributed by atoms with Gasteiger partial charge in [-0.25, -0.2) is 0 Å². The number of nitrogens with one attached hydrogen (secondary N) is 1. The Kier molecular flexibility index (Phi) is 2.37. The van der Waals surface area contributed by atoms with Crippen molar-refractivity contribution in [2.24, 2.45) is 0 Å². The number of benzene rings is 1. The van der Waals surface area contributed by atoms with Gasteiger partial charge in [0.05, 0.1) is 5.33 Å². The molecule has 0 radical (unpaired) electrons. The smallest absolute Gasteiger partial charge is 0.0649 e. The van der Waals surface area contributed by atoms with Crippen LogP contribution in [0.3, 0.4) is 0 Å². The minimum atomic E-state index is 0.716. The van der Waals surface area contributed by atoms with E-state index in [1.807, 2.05) is 24.4 Å². The van der Waals surface area contributed by atoms with Crippen molar-refractivity contribution in [3.8, 4) is 11.8 Å². The minimum absolute atomic E-state index is 0.716. The van der Waals surface area contributed by atoms with Gasteiger partial charge in [0.1, 0.15) is 0 Å². The van der Waals surface area contributed by atoms with E-state index in [0.717, 1.165) is 11.1 Å². The van der Waals surface area contributed by atoms with E-state index in [-0.39, 0.29) is 0 Å². The van der Waals surface area contributed by atoms with Crippen LogP contribution in [0.4, 0.5) is 0 Å². The lowest BCUT2D eigenvalue weighted by Crippen LogP contribution is -1.75. The molecule has 0 amide bonds. The van der Waals surface area contributed by atoms with Gasteiger partial charge >= 0.3 is 0 Å². The van der Waals surface area contributed by atoms with Gasteiger partial charge in [-0.15, -0.1) is 0 Å². The highest BCUT2D eigenvalue weighted by molar-refractivity contribution is 9.09. The van der Waals surface area contributed by atoms with Crippen molar-refractivity contribution < 1.29 is 0 Å². The average Bonchev–Trinajstić information content (AvgIpc) is 2.62. The van der Waals surface area contributed by atoms with Crippen molar-refractivity contribution in [3.05, 3.63) is 36.0 Å². The Morgan fingerprint density at radius 3 is 3.08 bits per heavy atom. The molecule has 0 aliphatic rings. The van der Waals surface area contributed by atoms with Crippen LogP contribution in [0.25, 0.3) is 10.9 Å². The van der Waals surface area contributed by atoms with Gasteiger partial charge in [0.2, 0.25) is 0 Å². The summed E-state index contributed by atoms with van der Waals surface area (Å²) < 4.78 is 0. The van der Waals surface area contributed by atoms with E-state index >= 15 is 0 Å². The van der Waals surface area contributed by atoms with E-state index in [1.165, 1.54) is 5.39 Å². The van der Waals surface area contributed by atoms with Crippen LogP contribution in [0.15, 0.2) is 30.5 Å². The van der Waals surface area contributed by atoms with Crippen LogP contribution in [-0.4, -0.2) is 10.3 Å². The molecule has 0 bridgehead atoms. The maximum absolute atomic E-state index is 3.28. The molecule has 1 aromatic heterocycles. The first-order valence-electron chi connectivity index (χ1n) is 4.03. The summed E-state index contributed by atoms with van der Waals surface area (Å²) in [7, 11) is 0. The molecule has 0 unspecified atom stereocenters. The summed E-state index contributed by atoms with van der Waals surface area (Å²) in [5.41, 5.74) is 2.22. The minimum Gasteiger partial charge on any atom is -0.361 e. The van der Waals surface area contributed by atoms with Gasteiger partial charge in [-0.1, -0.05) is 33.8 Å². The molecule has 1 aromatic carbocycles. The van der Waals surface area contributed by atoms with Crippen LogP contribution in [0.5, 0.6) is 0 Å². The lowest BCUT2D eigenvalue weighted by atomic mass is 10.1. The van der Waals surface area contributed by atoms with E-state index in [9.17, 15) is 0 Å². The van der Waals surface area contributed by atoms with Gasteiger partial charge in [-0.2, -0.15) is 0 Å². The van der Waals surface area contributed by atoms with Crippen molar-refractivity contribution in [1.82, 2.24) is 4.98 Å². The Morgan fingerprint density at radius 1 is 1.31 bits per heavy atom. The molecule has 0 saturated carbocycles. The average molecular weight is 234 g/mol. The Labute approximate surface area is 85.3 Å². The zero-order chi connectivity index (χ0) is 9.10. The number of aromatic amines is 1. The lowest BCUT2D eigenvalue weighted by molar-refractivity contribution is 1.48. The Balaban J connectivity index is 2.61. The molecule has 0 saturated heterocycles. The Hall–Kier alpha value is -1.20. The molecule has 2 rings (SSSR count). The molecule has 0 atom stereocenters. The van der Waals surface area contributed by atoms with Crippen LogP contribution in [-0.2, 0) is 0 Å². The third kappa shape index (κ3) is 1.61. The van der Waals surface area contributed by atoms with Crippen LogP contribution in [0.1, 0.15) is 5.56 Å². The highest BCUT2D eigenvalue weighted by atomic mass is 79.9. The number of hydrogen-bond acceptors (Lipinski definition) is 0. The Bertz CT molecular complexity index is 473. The van der Waals surface area contributed by atoms with Crippen molar-refractivity contribution >= 4 is 26.8 Å². The molecule has 0 aliphatic heterocycles. The lowest BCUT2D eigenvalue weighted by Gasteiger charge is -1.92. The van der Waals surface area contributed by atoms with Gasteiger partial charge in [0, 0.05) is 22.7 Å². The SMILES string of the molecule is BrCC#Cc1cccc2[nH]ccc12. The number of rotatable bonds is 0. The summed E-state index contributed by atoms with van der Waals surface area (Å²) in [5.74, 6) is 6.11. The van der Waals surface area contributed by atoms with Crippen molar-refractivity contribution in [3.63, 3.8) is 0 Å². The molecule has 64 valence electrons. The predicted octanol–water partition coefficient (Wildman–Crippen LogP) is 2.91. The van der Waals surface area contributed by atoms with E-state index in [4.69, 9.17) is 0 Å². The van der Waals surface area contributed by atoms with Gasteiger partial charge in [0.15, 0.2) is 0 Å². The largest absolute Gasteiger partial charge is 0.361 e. The van der Waals surface area contributed by atoms with Crippen LogP contribution < -0.4 is 0 Å². The van der Waals surface area contributed by atoms with Gasteiger partial charge in [-0.3, -0.25) is 0 Å². The molecular formula is C11H8BrN. The second-order valence-electron chi connectivity index (χ2n) is 2.68. The zero-order valence-corrected chi connectivity index (χ0v) is 8.56. The van der Waals surface area contributed by atoms with Crippen LogP contribution >= 0.6 is 15.9 Å². The first kappa shape index (κ1) is 8.40. The molecular weight excluding hydrogens is 226 g/mol. The second-order valence-corrected chi connectivity index (χ2v) is 3.24. The molecule has 1 nitrogen and oxygen atoms in total. The summed E-state index contributed by atoms with van der Waals surface area (Å²) in [5, 5.41) is 1.91. The molecule has 13 heavy (non-hydrogen) atoms. The number of alkyl halides is 1. The molecule has 0 aliphatic carbocycles. The quantitative estimate of drug-likeness (QED) is 0.532. The van der Waals surface area contributed by atoms with Crippen molar-refractivity contribution in [2.75, 3.05) is 5.33 Å². The fraction of sp³-hybridized carbons (Fsp3) is 0.0909. The standard InChI is InChI=1S/C11H8BrN/c12-7-2-4-9-3-1-5-11-10(9)6-8-13-11/h1,3,5-6,8,13H,7H2. The number of hydrogen-bond donors (Lipinski definition) is 1. The van der Waals surface area contributed by atoms with Crippen molar-refractivity contribution in [1.29, 1.82) is 0 Å².